The van der Waals surface area contributed by atoms with Crippen LogP contribution in [0.3, 0.4) is 0 Å². The van der Waals surface area contributed by atoms with Crippen molar-refractivity contribution in [3.8, 4) is 5.69 Å². The van der Waals surface area contributed by atoms with Crippen molar-refractivity contribution in [3.63, 3.8) is 0 Å². The third-order valence-corrected chi connectivity index (χ3v) is 4.38. The molecule has 0 spiro atoms. The van der Waals surface area contributed by atoms with Crippen molar-refractivity contribution in [2.24, 2.45) is 0 Å². The van der Waals surface area contributed by atoms with Crippen LogP contribution >= 0.6 is 0 Å². The molecule has 0 saturated carbocycles. The third kappa shape index (κ3) is 4.74. The Kier molecular flexibility index (Phi) is 6.95. The molecule has 2 amide bonds. The molecular weight excluding hydrogens is 397 g/mol. The van der Waals surface area contributed by atoms with Crippen LogP contribution in [0.25, 0.3) is 5.69 Å². The van der Waals surface area contributed by atoms with Crippen molar-refractivity contribution in [3.05, 3.63) is 35.9 Å². The summed E-state index contributed by atoms with van der Waals surface area (Å²) in [5.41, 5.74) is 0.915. The van der Waals surface area contributed by atoms with E-state index in [1.165, 1.54) is 34.8 Å². The Morgan fingerprint density at radius 3 is 2.73 bits per heavy atom. The van der Waals surface area contributed by atoms with Gasteiger partial charge in [-0.25, -0.2) is 13.9 Å². The summed E-state index contributed by atoms with van der Waals surface area (Å²) in [5.74, 6) is -0.829. The number of amides is 2. The molecule has 1 unspecified atom stereocenters. The average Bonchev–Trinajstić information content (AvgIpc) is 3.33. The van der Waals surface area contributed by atoms with Gasteiger partial charge >= 0.3 is 6.09 Å². The number of nitrogens with one attached hydrogen (secondary N) is 1. The summed E-state index contributed by atoms with van der Waals surface area (Å²) >= 11 is 0. The van der Waals surface area contributed by atoms with Crippen LogP contribution in [0.2, 0.25) is 0 Å². The van der Waals surface area contributed by atoms with Crippen molar-refractivity contribution in [1.82, 2.24) is 20.3 Å². The maximum atomic E-state index is 15.0. The number of ether oxygens (including phenoxy) is 3. The van der Waals surface area contributed by atoms with E-state index in [0.29, 0.717) is 24.6 Å². The fraction of sp³-hybridized carbons (Fsp3) is 0.474. The summed E-state index contributed by atoms with van der Waals surface area (Å²) in [5, 5.41) is 10.4. The lowest BCUT2D eigenvalue weighted by Crippen LogP contribution is -2.33. The number of anilines is 1. The Morgan fingerprint density at radius 1 is 1.37 bits per heavy atom. The molecule has 0 radical (unpaired) electrons. The number of halogens is 1. The molecule has 162 valence electrons. The Labute approximate surface area is 172 Å². The molecule has 0 bridgehead atoms. The Hall–Kier alpha value is -3.05. The van der Waals surface area contributed by atoms with Gasteiger partial charge in [0.1, 0.15) is 17.5 Å². The molecule has 3 rings (SSSR count). The van der Waals surface area contributed by atoms with E-state index >= 15 is 0 Å². The molecule has 0 aliphatic carbocycles. The fourth-order valence-corrected chi connectivity index (χ4v) is 3.04. The molecule has 1 aromatic heterocycles. The van der Waals surface area contributed by atoms with E-state index in [1.807, 2.05) is 13.8 Å². The Morgan fingerprint density at radius 2 is 2.10 bits per heavy atom. The number of hydrogen-bond acceptors (Lipinski definition) is 7. The van der Waals surface area contributed by atoms with Gasteiger partial charge in [0.15, 0.2) is 5.82 Å². The Bertz CT molecular complexity index is 899. The molecule has 1 fully saturated rings. The predicted octanol–water partition coefficient (Wildman–Crippen LogP) is 1.94. The van der Waals surface area contributed by atoms with Crippen molar-refractivity contribution in [2.75, 3.05) is 31.2 Å². The quantitative estimate of drug-likeness (QED) is 0.617. The lowest BCUT2D eigenvalue weighted by molar-refractivity contribution is -0.143. The summed E-state index contributed by atoms with van der Waals surface area (Å²) in [4.78, 5) is 24.5. The number of hydrogen-bond donors (Lipinski definition) is 1. The highest BCUT2D eigenvalue weighted by molar-refractivity contribution is 5.90. The summed E-state index contributed by atoms with van der Waals surface area (Å²) in [6, 6.07) is 4.30. The molecule has 1 aromatic carbocycles. The number of cyclic esters (lactones) is 1. The van der Waals surface area contributed by atoms with Gasteiger partial charge in [-0.05, 0) is 32.0 Å². The van der Waals surface area contributed by atoms with Crippen LogP contribution in [0.5, 0.6) is 0 Å². The maximum absolute atomic E-state index is 15.0. The Balaban J connectivity index is 1.81. The van der Waals surface area contributed by atoms with Crippen LogP contribution in [0.1, 0.15) is 32.8 Å². The maximum Gasteiger partial charge on any atom is 0.414 e. The standard InChI is InChI=1S/C19H24FN5O5/c1-4-28-18(29-5-2)17-10-22-23-25(17)16-7-6-13(8-15(16)20)24-11-14(30-19(24)27)9-21-12(3)26/h6-8,10,14,18H,4-5,9,11H2,1-3H3,(H,21,26). The molecule has 1 N–H and O–H groups in total. The number of carbonyl (C=O) groups is 2. The van der Waals surface area contributed by atoms with Crippen LogP contribution in [-0.2, 0) is 19.0 Å². The minimum absolute atomic E-state index is 0.137. The van der Waals surface area contributed by atoms with Gasteiger partial charge in [0.05, 0.1) is 25.0 Å². The van der Waals surface area contributed by atoms with Gasteiger partial charge in [0, 0.05) is 20.1 Å². The van der Waals surface area contributed by atoms with Gasteiger partial charge in [-0.15, -0.1) is 5.10 Å². The molecule has 10 nitrogen and oxygen atoms in total. The van der Waals surface area contributed by atoms with Gasteiger partial charge in [-0.3, -0.25) is 9.69 Å². The topological polar surface area (TPSA) is 108 Å². The van der Waals surface area contributed by atoms with Crippen LogP contribution in [0, 0.1) is 5.82 Å². The van der Waals surface area contributed by atoms with E-state index in [2.05, 4.69) is 15.6 Å². The first-order valence-electron chi connectivity index (χ1n) is 9.60. The zero-order valence-corrected chi connectivity index (χ0v) is 17.0. The highest BCUT2D eigenvalue weighted by Crippen LogP contribution is 2.27. The molecule has 11 heteroatoms. The second-order valence-corrected chi connectivity index (χ2v) is 6.50. The predicted molar refractivity (Wildman–Crippen MR) is 104 cm³/mol. The largest absolute Gasteiger partial charge is 0.442 e. The highest BCUT2D eigenvalue weighted by Gasteiger charge is 2.33. The highest BCUT2D eigenvalue weighted by atomic mass is 19.1. The molecule has 30 heavy (non-hydrogen) atoms. The van der Waals surface area contributed by atoms with Crippen LogP contribution in [0.15, 0.2) is 24.4 Å². The van der Waals surface area contributed by atoms with E-state index in [0.717, 1.165) is 0 Å². The summed E-state index contributed by atoms with van der Waals surface area (Å²) in [6.07, 6.45) is -0.401. The van der Waals surface area contributed by atoms with Gasteiger partial charge in [-0.2, -0.15) is 0 Å². The summed E-state index contributed by atoms with van der Waals surface area (Å²) in [7, 11) is 0. The number of nitrogens with zero attached hydrogens (tertiary/aromatic N) is 4. The smallest absolute Gasteiger partial charge is 0.414 e. The normalized spacial score (nSPS) is 16.2. The lowest BCUT2D eigenvalue weighted by atomic mass is 10.2. The molecule has 2 heterocycles. The monoisotopic (exact) mass is 421 g/mol. The molecule has 1 saturated heterocycles. The zero-order chi connectivity index (χ0) is 21.7. The average molecular weight is 421 g/mol. The SMILES string of the molecule is CCOC(OCC)c1cnnn1-c1ccc(N2CC(CNC(C)=O)OC2=O)cc1F. The van der Waals surface area contributed by atoms with Gasteiger partial charge in [0.2, 0.25) is 12.2 Å². The van der Waals surface area contributed by atoms with Crippen molar-refractivity contribution in [1.29, 1.82) is 0 Å². The number of carbonyl (C=O) groups excluding carboxylic acids is 2. The first-order chi connectivity index (χ1) is 14.4. The number of aromatic nitrogens is 3. The second kappa shape index (κ2) is 9.63. The summed E-state index contributed by atoms with van der Waals surface area (Å²) < 4.78 is 32.6. The number of rotatable bonds is 9. The minimum atomic E-state index is -0.739. The van der Waals surface area contributed by atoms with Crippen molar-refractivity contribution < 1.29 is 28.2 Å². The second-order valence-electron chi connectivity index (χ2n) is 6.50. The lowest BCUT2D eigenvalue weighted by Gasteiger charge is -2.18. The van der Waals surface area contributed by atoms with E-state index in [4.69, 9.17) is 14.2 Å². The molecule has 1 aliphatic rings. The summed E-state index contributed by atoms with van der Waals surface area (Å²) in [6.45, 7) is 6.21. The van der Waals surface area contributed by atoms with Crippen molar-refractivity contribution >= 4 is 17.7 Å². The van der Waals surface area contributed by atoms with Gasteiger partial charge in [0.25, 0.3) is 0 Å². The fourth-order valence-electron chi connectivity index (χ4n) is 3.04. The molecule has 2 aromatic rings. The van der Waals surface area contributed by atoms with Crippen LogP contribution in [-0.4, -0.2) is 59.4 Å². The molecular formula is C19H24FN5O5. The van der Waals surface area contributed by atoms with E-state index < -0.39 is 24.3 Å². The molecule has 1 aliphatic heterocycles. The third-order valence-electron chi connectivity index (χ3n) is 4.38. The first kappa shape index (κ1) is 21.7. The minimum Gasteiger partial charge on any atom is -0.442 e. The van der Waals surface area contributed by atoms with Crippen LogP contribution < -0.4 is 10.2 Å². The number of benzene rings is 1. The molecule has 1 atom stereocenters. The van der Waals surface area contributed by atoms with Crippen molar-refractivity contribution in [2.45, 2.75) is 33.2 Å². The van der Waals surface area contributed by atoms with E-state index in [9.17, 15) is 14.0 Å². The van der Waals surface area contributed by atoms with E-state index in [1.54, 1.807) is 6.07 Å². The van der Waals surface area contributed by atoms with E-state index in [-0.39, 0.29) is 24.7 Å². The van der Waals surface area contributed by atoms with Gasteiger partial charge < -0.3 is 19.5 Å². The first-order valence-corrected chi connectivity index (χ1v) is 9.60. The van der Waals surface area contributed by atoms with Crippen LogP contribution in [0.4, 0.5) is 14.9 Å². The zero-order valence-electron chi connectivity index (χ0n) is 17.0. The van der Waals surface area contributed by atoms with Gasteiger partial charge in [-0.1, -0.05) is 5.21 Å².